The van der Waals surface area contributed by atoms with Gasteiger partial charge in [0.05, 0.1) is 18.8 Å². The predicted molar refractivity (Wildman–Crippen MR) is 68.9 cm³/mol. The highest BCUT2D eigenvalue weighted by Gasteiger charge is 2.29. The second-order valence-corrected chi connectivity index (χ2v) is 5.23. The highest BCUT2D eigenvalue weighted by atomic mass is 16.5. The molecule has 0 saturated carbocycles. The first-order valence-electron chi connectivity index (χ1n) is 6.86. The fourth-order valence-electron chi connectivity index (χ4n) is 3.01. The molecule has 98 valence electrons. The Bertz CT molecular complexity index is 398. The monoisotopic (exact) mass is 248 g/mol. The van der Waals surface area contributed by atoms with Crippen LogP contribution in [0, 0.1) is 0 Å². The topological polar surface area (TPSA) is 38.7 Å². The van der Waals surface area contributed by atoms with Crippen LogP contribution in [0.4, 0.5) is 0 Å². The van der Waals surface area contributed by atoms with E-state index in [1.807, 2.05) is 18.2 Å². The van der Waals surface area contributed by atoms with Gasteiger partial charge in [-0.25, -0.2) is 0 Å². The maximum atomic E-state index is 10.3. The van der Waals surface area contributed by atoms with E-state index in [9.17, 15) is 5.11 Å². The van der Waals surface area contributed by atoms with Crippen molar-refractivity contribution in [3.8, 4) is 5.75 Å². The Kier molecular flexibility index (Phi) is 3.52. The van der Waals surface area contributed by atoms with Gasteiger partial charge in [0, 0.05) is 6.61 Å². The van der Waals surface area contributed by atoms with Crippen molar-refractivity contribution in [1.29, 1.82) is 0 Å². The molecule has 18 heavy (non-hydrogen) atoms. The minimum Gasteiger partial charge on any atom is -0.493 e. The lowest BCUT2D eigenvalue weighted by molar-refractivity contribution is -0.0103. The Morgan fingerprint density at radius 2 is 2.11 bits per heavy atom. The molecule has 0 radical (unpaired) electrons. The lowest BCUT2D eigenvalue weighted by Crippen LogP contribution is -2.28. The SMILES string of the molecule is OC(CC1CCOc2ccccc21)C1CCCO1. The Morgan fingerprint density at radius 3 is 2.94 bits per heavy atom. The van der Waals surface area contributed by atoms with Crippen molar-refractivity contribution < 1.29 is 14.6 Å². The van der Waals surface area contributed by atoms with Crippen molar-refractivity contribution >= 4 is 0 Å². The minimum absolute atomic E-state index is 0.0417. The summed E-state index contributed by atoms with van der Waals surface area (Å²) < 4.78 is 11.2. The van der Waals surface area contributed by atoms with Gasteiger partial charge in [-0.2, -0.15) is 0 Å². The molecular formula is C15H20O3. The molecule has 1 saturated heterocycles. The van der Waals surface area contributed by atoms with Crippen LogP contribution >= 0.6 is 0 Å². The molecule has 0 aromatic heterocycles. The van der Waals surface area contributed by atoms with Crippen LogP contribution < -0.4 is 4.74 Å². The fourth-order valence-corrected chi connectivity index (χ4v) is 3.01. The molecule has 3 rings (SSSR count). The Balaban J connectivity index is 1.70. The number of rotatable bonds is 3. The average molecular weight is 248 g/mol. The van der Waals surface area contributed by atoms with E-state index in [-0.39, 0.29) is 12.2 Å². The highest BCUT2D eigenvalue weighted by molar-refractivity contribution is 5.37. The maximum absolute atomic E-state index is 10.3. The van der Waals surface area contributed by atoms with Gasteiger partial charge in [-0.1, -0.05) is 18.2 Å². The van der Waals surface area contributed by atoms with Crippen LogP contribution in [0.2, 0.25) is 0 Å². The third-order valence-corrected chi connectivity index (χ3v) is 4.00. The molecule has 0 amide bonds. The minimum atomic E-state index is -0.344. The van der Waals surface area contributed by atoms with E-state index in [1.54, 1.807) is 0 Å². The van der Waals surface area contributed by atoms with Gasteiger partial charge < -0.3 is 14.6 Å². The number of fused-ring (bicyclic) bond motifs is 1. The number of hydrogen-bond acceptors (Lipinski definition) is 3. The van der Waals surface area contributed by atoms with Crippen LogP contribution in [0.25, 0.3) is 0 Å². The summed E-state index contributed by atoms with van der Waals surface area (Å²) in [5.74, 6) is 1.38. The maximum Gasteiger partial charge on any atom is 0.122 e. The number of benzene rings is 1. The molecule has 0 spiro atoms. The van der Waals surface area contributed by atoms with E-state index >= 15 is 0 Å². The standard InChI is InChI=1S/C15H20O3/c16-13(15-6-3-8-17-15)10-11-7-9-18-14-5-2-1-4-12(11)14/h1-2,4-5,11,13,15-16H,3,6-10H2. The molecule has 1 N–H and O–H groups in total. The van der Waals surface area contributed by atoms with Crippen LogP contribution in [0.5, 0.6) is 5.75 Å². The molecule has 3 heteroatoms. The smallest absolute Gasteiger partial charge is 0.122 e. The van der Waals surface area contributed by atoms with Crippen LogP contribution in [0.1, 0.15) is 37.2 Å². The average Bonchev–Trinajstić information content (AvgIpc) is 2.93. The molecule has 0 aliphatic carbocycles. The van der Waals surface area contributed by atoms with Crippen molar-refractivity contribution in [3.05, 3.63) is 29.8 Å². The van der Waals surface area contributed by atoms with Gasteiger partial charge in [-0.3, -0.25) is 0 Å². The second kappa shape index (κ2) is 5.29. The summed E-state index contributed by atoms with van der Waals surface area (Å²) in [6.07, 6.45) is 3.54. The van der Waals surface area contributed by atoms with E-state index in [4.69, 9.17) is 9.47 Å². The molecular weight excluding hydrogens is 228 g/mol. The Labute approximate surface area is 108 Å². The summed E-state index contributed by atoms with van der Waals surface area (Å²) in [5.41, 5.74) is 1.24. The van der Waals surface area contributed by atoms with E-state index < -0.39 is 0 Å². The third-order valence-electron chi connectivity index (χ3n) is 4.00. The van der Waals surface area contributed by atoms with Gasteiger partial charge in [0.2, 0.25) is 0 Å². The number of aliphatic hydroxyl groups excluding tert-OH is 1. The van der Waals surface area contributed by atoms with Gasteiger partial charge in [0.25, 0.3) is 0 Å². The summed E-state index contributed by atoms with van der Waals surface area (Å²) in [7, 11) is 0. The molecule has 2 aliphatic rings. The molecule has 2 heterocycles. The van der Waals surface area contributed by atoms with E-state index in [0.29, 0.717) is 5.92 Å². The van der Waals surface area contributed by atoms with Crippen molar-refractivity contribution in [2.75, 3.05) is 13.2 Å². The van der Waals surface area contributed by atoms with Crippen molar-refractivity contribution in [2.45, 2.75) is 43.8 Å². The van der Waals surface area contributed by atoms with E-state index in [2.05, 4.69) is 6.07 Å². The Hall–Kier alpha value is -1.06. The highest BCUT2D eigenvalue weighted by Crippen LogP contribution is 2.37. The normalized spacial score (nSPS) is 28.5. The lowest BCUT2D eigenvalue weighted by atomic mass is 9.87. The number of ether oxygens (including phenoxy) is 2. The van der Waals surface area contributed by atoms with Crippen LogP contribution in [-0.4, -0.2) is 30.5 Å². The third kappa shape index (κ3) is 2.38. The van der Waals surface area contributed by atoms with Crippen LogP contribution in [0.15, 0.2) is 24.3 Å². The molecule has 3 atom stereocenters. The van der Waals surface area contributed by atoms with Gasteiger partial charge in [-0.05, 0) is 43.2 Å². The lowest BCUT2D eigenvalue weighted by Gasteiger charge is -2.29. The second-order valence-electron chi connectivity index (χ2n) is 5.23. The van der Waals surface area contributed by atoms with Crippen LogP contribution in [0.3, 0.4) is 0 Å². The summed E-state index contributed by atoms with van der Waals surface area (Å²) >= 11 is 0. The van der Waals surface area contributed by atoms with Crippen molar-refractivity contribution in [3.63, 3.8) is 0 Å². The molecule has 0 bridgehead atoms. The van der Waals surface area contributed by atoms with Gasteiger partial charge in [-0.15, -0.1) is 0 Å². The number of para-hydroxylation sites is 1. The molecule has 1 aromatic carbocycles. The zero-order chi connectivity index (χ0) is 12.4. The van der Waals surface area contributed by atoms with Crippen molar-refractivity contribution in [2.24, 2.45) is 0 Å². The zero-order valence-electron chi connectivity index (χ0n) is 10.5. The fraction of sp³-hybridized carbons (Fsp3) is 0.600. The Morgan fingerprint density at radius 1 is 1.22 bits per heavy atom. The van der Waals surface area contributed by atoms with Gasteiger partial charge >= 0.3 is 0 Å². The molecule has 1 aromatic rings. The molecule has 2 aliphatic heterocycles. The van der Waals surface area contributed by atoms with Crippen molar-refractivity contribution in [1.82, 2.24) is 0 Å². The quantitative estimate of drug-likeness (QED) is 0.893. The molecule has 3 nitrogen and oxygen atoms in total. The zero-order valence-corrected chi connectivity index (χ0v) is 10.5. The summed E-state index contributed by atoms with van der Waals surface area (Å²) in [6, 6.07) is 8.16. The van der Waals surface area contributed by atoms with Gasteiger partial charge in [0.1, 0.15) is 5.75 Å². The first kappa shape index (κ1) is 12.0. The summed E-state index contributed by atoms with van der Waals surface area (Å²) in [5, 5.41) is 10.3. The molecule has 3 unspecified atom stereocenters. The van der Waals surface area contributed by atoms with E-state index in [1.165, 1.54) is 5.56 Å². The first-order valence-corrected chi connectivity index (χ1v) is 6.86. The van der Waals surface area contributed by atoms with E-state index in [0.717, 1.165) is 44.6 Å². The van der Waals surface area contributed by atoms with Gasteiger partial charge in [0.15, 0.2) is 0 Å². The molecule has 1 fully saturated rings. The number of aliphatic hydroxyl groups is 1. The summed E-state index contributed by atoms with van der Waals surface area (Å²) in [4.78, 5) is 0. The first-order chi connectivity index (χ1) is 8.84. The largest absolute Gasteiger partial charge is 0.493 e. The summed E-state index contributed by atoms with van der Waals surface area (Å²) in [6.45, 7) is 1.55. The van der Waals surface area contributed by atoms with Crippen LogP contribution in [-0.2, 0) is 4.74 Å². The number of hydrogen-bond donors (Lipinski definition) is 1. The predicted octanol–water partition coefficient (Wildman–Crippen LogP) is 2.48.